The number of hydrogen-bond donors (Lipinski definition) is 0. The quantitative estimate of drug-likeness (QED) is 0.381. The molecule has 0 bridgehead atoms. The third-order valence-electron chi connectivity index (χ3n) is 0.798. The molecule has 2 nitrogen and oxygen atoms in total. The third-order valence-corrected chi connectivity index (χ3v) is 0.798. The van der Waals surface area contributed by atoms with E-state index in [1.807, 2.05) is 19.9 Å². The fraction of sp³-hybridized carbons (Fsp3) is 0.333. The first-order chi connectivity index (χ1) is 3.81. The summed E-state index contributed by atoms with van der Waals surface area (Å²) in [5.74, 6) is 0. The highest BCUT2D eigenvalue weighted by molar-refractivity contribution is 5.77. The average Bonchev–Trinajstić information content (AvgIpc) is 1.83. The Morgan fingerprint density at radius 2 is 2.25 bits per heavy atom. The standard InChI is InChI=1S/C6H10N2/c1-4-6(2)5-8-7-3/h4-5H,3H2,1-2H3/b6-4-,8-5+. The summed E-state index contributed by atoms with van der Waals surface area (Å²) in [6, 6.07) is 0. The molecule has 2 heteroatoms. The van der Waals surface area contributed by atoms with Gasteiger partial charge < -0.3 is 0 Å². The molecule has 0 aliphatic rings. The Morgan fingerprint density at radius 3 is 2.62 bits per heavy atom. The Kier molecular flexibility index (Phi) is 3.76. The van der Waals surface area contributed by atoms with Gasteiger partial charge >= 0.3 is 0 Å². The molecule has 0 heterocycles. The van der Waals surface area contributed by atoms with Crippen molar-refractivity contribution < 1.29 is 0 Å². The highest BCUT2D eigenvalue weighted by Crippen LogP contribution is 1.84. The van der Waals surface area contributed by atoms with Gasteiger partial charge in [-0.2, -0.15) is 10.2 Å². The fourth-order valence-electron chi connectivity index (χ4n) is 0.206. The van der Waals surface area contributed by atoms with Crippen LogP contribution >= 0.6 is 0 Å². The summed E-state index contributed by atoms with van der Waals surface area (Å²) in [5.41, 5.74) is 1.09. The Bertz CT molecular complexity index is 122. The van der Waals surface area contributed by atoms with Gasteiger partial charge in [0.1, 0.15) is 0 Å². The second-order valence-electron chi connectivity index (χ2n) is 1.42. The summed E-state index contributed by atoms with van der Waals surface area (Å²) in [5, 5.41) is 6.87. The monoisotopic (exact) mass is 110 g/mol. The van der Waals surface area contributed by atoms with Gasteiger partial charge in [-0.05, 0) is 19.4 Å². The van der Waals surface area contributed by atoms with Crippen molar-refractivity contribution in [3.63, 3.8) is 0 Å². The third kappa shape index (κ3) is 3.28. The van der Waals surface area contributed by atoms with E-state index in [9.17, 15) is 0 Å². The molecule has 0 N–H and O–H groups in total. The molecule has 44 valence electrons. The summed E-state index contributed by atoms with van der Waals surface area (Å²) >= 11 is 0. The van der Waals surface area contributed by atoms with Crippen molar-refractivity contribution in [2.45, 2.75) is 13.8 Å². The molecule has 0 fully saturated rings. The van der Waals surface area contributed by atoms with Gasteiger partial charge in [-0.1, -0.05) is 6.08 Å². The molecule has 0 aliphatic carbocycles. The van der Waals surface area contributed by atoms with Crippen LogP contribution in [0.25, 0.3) is 0 Å². The largest absolute Gasteiger partial charge is 0.167 e. The van der Waals surface area contributed by atoms with Crippen LogP contribution < -0.4 is 0 Å². The van der Waals surface area contributed by atoms with Crippen molar-refractivity contribution in [1.82, 2.24) is 0 Å². The van der Waals surface area contributed by atoms with Gasteiger partial charge in [0.2, 0.25) is 0 Å². The number of nitrogens with zero attached hydrogens (tertiary/aromatic N) is 2. The van der Waals surface area contributed by atoms with Crippen LogP contribution in [0, 0.1) is 0 Å². The molecule has 0 spiro atoms. The Morgan fingerprint density at radius 1 is 1.62 bits per heavy atom. The van der Waals surface area contributed by atoms with Crippen LogP contribution in [0.3, 0.4) is 0 Å². The van der Waals surface area contributed by atoms with Crippen molar-refractivity contribution in [2.75, 3.05) is 0 Å². The number of hydrogen-bond acceptors (Lipinski definition) is 2. The van der Waals surface area contributed by atoms with Crippen LogP contribution in [-0.2, 0) is 0 Å². The van der Waals surface area contributed by atoms with Crippen molar-refractivity contribution >= 4 is 12.9 Å². The maximum Gasteiger partial charge on any atom is 0.0521 e. The van der Waals surface area contributed by atoms with E-state index in [4.69, 9.17) is 0 Å². The van der Waals surface area contributed by atoms with Gasteiger partial charge in [0, 0.05) is 6.72 Å². The molecule has 0 atom stereocenters. The summed E-state index contributed by atoms with van der Waals surface area (Å²) in [6.45, 7) is 7.09. The SMILES string of the molecule is C=N/N=C/C(C)=C\C. The smallest absolute Gasteiger partial charge is 0.0521 e. The summed E-state index contributed by atoms with van der Waals surface area (Å²) in [7, 11) is 0. The molecule has 0 radical (unpaired) electrons. The predicted octanol–water partition coefficient (Wildman–Crippen LogP) is 1.64. The average molecular weight is 110 g/mol. The Labute approximate surface area is 49.6 Å². The second-order valence-corrected chi connectivity index (χ2v) is 1.42. The Balaban J connectivity index is 3.69. The van der Waals surface area contributed by atoms with Crippen LogP contribution in [0.1, 0.15) is 13.8 Å². The first-order valence-electron chi connectivity index (χ1n) is 2.43. The fourth-order valence-corrected chi connectivity index (χ4v) is 0.206. The van der Waals surface area contributed by atoms with Gasteiger partial charge in [0.15, 0.2) is 0 Å². The first-order valence-corrected chi connectivity index (χ1v) is 2.43. The highest BCUT2D eigenvalue weighted by atomic mass is 15.2. The first kappa shape index (κ1) is 7.08. The maximum absolute atomic E-state index is 3.56. The molecule has 0 saturated carbocycles. The van der Waals surface area contributed by atoms with E-state index >= 15 is 0 Å². The highest BCUT2D eigenvalue weighted by Gasteiger charge is 1.73. The van der Waals surface area contributed by atoms with Crippen LogP contribution in [0.15, 0.2) is 21.9 Å². The van der Waals surface area contributed by atoms with Crippen molar-refractivity contribution in [3.8, 4) is 0 Å². The number of rotatable bonds is 2. The van der Waals surface area contributed by atoms with E-state index in [-0.39, 0.29) is 0 Å². The van der Waals surface area contributed by atoms with Crippen molar-refractivity contribution in [1.29, 1.82) is 0 Å². The van der Waals surface area contributed by atoms with Crippen LogP contribution in [0.2, 0.25) is 0 Å². The van der Waals surface area contributed by atoms with Crippen LogP contribution in [0.4, 0.5) is 0 Å². The summed E-state index contributed by atoms with van der Waals surface area (Å²) < 4.78 is 0. The molecule has 0 saturated heterocycles. The molecule has 0 aliphatic heterocycles. The molecule has 0 rings (SSSR count). The van der Waals surface area contributed by atoms with Crippen LogP contribution in [0.5, 0.6) is 0 Å². The van der Waals surface area contributed by atoms with E-state index in [0.29, 0.717) is 0 Å². The van der Waals surface area contributed by atoms with Gasteiger partial charge in [-0.25, -0.2) is 0 Å². The lowest BCUT2D eigenvalue weighted by Gasteiger charge is -1.80. The zero-order valence-corrected chi connectivity index (χ0v) is 5.26. The molecule has 0 aromatic rings. The molecule has 0 aromatic heterocycles. The normalized spacial score (nSPS) is 12.5. The van der Waals surface area contributed by atoms with Gasteiger partial charge in [-0.15, -0.1) is 0 Å². The van der Waals surface area contributed by atoms with Gasteiger partial charge in [0.05, 0.1) is 6.21 Å². The molecule has 0 unspecified atom stereocenters. The maximum atomic E-state index is 3.56. The van der Waals surface area contributed by atoms with Crippen molar-refractivity contribution in [3.05, 3.63) is 11.6 Å². The van der Waals surface area contributed by atoms with E-state index in [0.717, 1.165) is 5.57 Å². The molecule has 0 aromatic carbocycles. The van der Waals surface area contributed by atoms with Crippen LogP contribution in [-0.4, -0.2) is 12.9 Å². The Hall–Kier alpha value is -0.920. The summed E-state index contributed by atoms with van der Waals surface area (Å²) in [6.07, 6.45) is 3.61. The lowest BCUT2D eigenvalue weighted by atomic mass is 10.3. The predicted molar refractivity (Wildman–Crippen MR) is 37.5 cm³/mol. The summed E-state index contributed by atoms with van der Waals surface area (Å²) in [4.78, 5) is 0. The lowest BCUT2D eigenvalue weighted by Crippen LogP contribution is -1.72. The van der Waals surface area contributed by atoms with Gasteiger partial charge in [-0.3, -0.25) is 0 Å². The topological polar surface area (TPSA) is 24.7 Å². The van der Waals surface area contributed by atoms with E-state index < -0.39 is 0 Å². The van der Waals surface area contributed by atoms with Crippen molar-refractivity contribution in [2.24, 2.45) is 10.2 Å². The van der Waals surface area contributed by atoms with E-state index in [1.54, 1.807) is 6.21 Å². The minimum Gasteiger partial charge on any atom is -0.167 e. The molecular weight excluding hydrogens is 100 g/mol. The molecular formula is C6H10N2. The van der Waals surface area contributed by atoms with E-state index in [1.165, 1.54) is 0 Å². The lowest BCUT2D eigenvalue weighted by molar-refractivity contribution is 1.27. The minimum absolute atomic E-state index is 1.09. The minimum atomic E-state index is 1.09. The zero-order valence-electron chi connectivity index (χ0n) is 5.26. The molecule has 0 amide bonds. The zero-order chi connectivity index (χ0) is 6.41. The van der Waals surface area contributed by atoms with Gasteiger partial charge in [0.25, 0.3) is 0 Å². The molecule has 8 heavy (non-hydrogen) atoms. The second kappa shape index (κ2) is 4.24. The number of allylic oxidation sites excluding steroid dienone is 2. The van der Waals surface area contributed by atoms with E-state index in [2.05, 4.69) is 16.9 Å².